The maximum absolute atomic E-state index is 13.5. The predicted molar refractivity (Wildman–Crippen MR) is 123 cm³/mol. The highest BCUT2D eigenvalue weighted by atomic mass is 79.9. The van der Waals surface area contributed by atoms with Gasteiger partial charge in [-0.15, -0.1) is 0 Å². The van der Waals surface area contributed by atoms with Crippen LogP contribution in [0.3, 0.4) is 0 Å². The molecular weight excluding hydrogens is 488 g/mol. The lowest BCUT2D eigenvalue weighted by Crippen LogP contribution is -2.36. The van der Waals surface area contributed by atoms with Crippen molar-refractivity contribution in [2.45, 2.75) is 5.41 Å². The van der Waals surface area contributed by atoms with Crippen LogP contribution in [0.4, 0.5) is 0 Å². The molecule has 1 spiro atoms. The predicted octanol–water partition coefficient (Wildman–Crippen LogP) is 7.12. The second kappa shape index (κ2) is 6.01. The van der Waals surface area contributed by atoms with Gasteiger partial charge in [-0.2, -0.15) is 0 Å². The number of ketones is 1. The first-order chi connectivity index (χ1) is 14.1. The quantitative estimate of drug-likeness (QED) is 0.216. The minimum absolute atomic E-state index is 0.0856. The summed E-state index contributed by atoms with van der Waals surface area (Å²) in [6, 6.07) is 29.2. The molecule has 0 saturated carbocycles. The number of carbonyl (C=O) groups is 1. The van der Waals surface area contributed by atoms with Crippen LogP contribution in [0.15, 0.2) is 93.9 Å². The Hall–Kier alpha value is -2.49. The Balaban J connectivity index is 1.89. The van der Waals surface area contributed by atoms with E-state index in [0.717, 1.165) is 31.2 Å². The van der Waals surface area contributed by atoms with Crippen LogP contribution < -0.4 is 0 Å². The second-order valence-corrected chi connectivity index (χ2v) is 9.38. The third-order valence-corrected chi connectivity index (χ3v) is 7.20. The normalized spacial score (nSPS) is 14.9. The van der Waals surface area contributed by atoms with Crippen LogP contribution in [-0.4, -0.2) is 5.78 Å². The highest BCUT2D eigenvalue weighted by molar-refractivity contribution is 9.10. The average molecular weight is 502 g/mol. The van der Waals surface area contributed by atoms with Gasteiger partial charge < -0.3 is 0 Å². The number of benzene rings is 4. The fourth-order valence-corrected chi connectivity index (χ4v) is 5.88. The Bertz CT molecular complexity index is 1250. The monoisotopic (exact) mass is 500 g/mol. The lowest BCUT2D eigenvalue weighted by Gasteiger charge is -2.39. The highest BCUT2D eigenvalue weighted by Crippen LogP contribution is 2.59. The molecule has 29 heavy (non-hydrogen) atoms. The maximum Gasteiger partial charge on any atom is 0.193 e. The third kappa shape index (κ3) is 2.12. The number of halogens is 2. The molecule has 0 N–H and O–H groups in total. The minimum atomic E-state index is -0.515. The van der Waals surface area contributed by atoms with Gasteiger partial charge in [0.2, 0.25) is 0 Å². The molecule has 3 heteroatoms. The van der Waals surface area contributed by atoms with Gasteiger partial charge in [-0.3, -0.25) is 4.79 Å². The van der Waals surface area contributed by atoms with Gasteiger partial charge in [0.05, 0.1) is 5.41 Å². The number of carbonyl (C=O) groups excluding carboxylic acids is 1. The van der Waals surface area contributed by atoms with E-state index in [4.69, 9.17) is 0 Å². The summed E-state index contributed by atoms with van der Waals surface area (Å²) in [4.78, 5) is 13.5. The van der Waals surface area contributed by atoms with Crippen LogP contribution in [0.25, 0.3) is 11.1 Å². The Morgan fingerprint density at radius 1 is 0.517 bits per heavy atom. The number of hydrogen-bond donors (Lipinski definition) is 0. The van der Waals surface area contributed by atoms with E-state index in [0.29, 0.717) is 0 Å². The maximum atomic E-state index is 13.5. The van der Waals surface area contributed by atoms with Gasteiger partial charge in [0.25, 0.3) is 0 Å². The highest BCUT2D eigenvalue weighted by Gasteiger charge is 2.51. The summed E-state index contributed by atoms with van der Waals surface area (Å²) in [6.07, 6.45) is 0. The Morgan fingerprint density at radius 2 is 0.966 bits per heavy atom. The summed E-state index contributed by atoms with van der Waals surface area (Å²) >= 11 is 7.31. The SMILES string of the molecule is O=C1c2ccc(Br)cc2C2(c3cc(Br)ccc31)c1ccccc1-c1ccccc12. The van der Waals surface area contributed by atoms with Crippen molar-refractivity contribution >= 4 is 37.6 Å². The van der Waals surface area contributed by atoms with E-state index in [1.54, 1.807) is 0 Å². The standard InChI is InChI=1S/C26H14Br2O/c27-15-9-11-19-23(13-15)26(24-14-16(28)10-12-20(24)25(19)29)21-7-3-1-5-17(21)18-6-2-4-8-22(18)26/h1-14H. The lowest BCUT2D eigenvalue weighted by atomic mass is 9.61. The molecule has 0 heterocycles. The minimum Gasteiger partial charge on any atom is -0.289 e. The molecule has 6 rings (SSSR count). The summed E-state index contributed by atoms with van der Waals surface area (Å²) in [7, 11) is 0. The van der Waals surface area contributed by atoms with E-state index in [-0.39, 0.29) is 5.78 Å². The van der Waals surface area contributed by atoms with Crippen molar-refractivity contribution in [3.05, 3.63) is 127 Å². The number of hydrogen-bond acceptors (Lipinski definition) is 1. The van der Waals surface area contributed by atoms with Crippen molar-refractivity contribution in [2.75, 3.05) is 0 Å². The van der Waals surface area contributed by atoms with Crippen LogP contribution in [-0.2, 0) is 5.41 Å². The zero-order chi connectivity index (χ0) is 19.8. The van der Waals surface area contributed by atoms with Crippen LogP contribution in [0.1, 0.15) is 38.2 Å². The summed E-state index contributed by atoms with van der Waals surface area (Å²) in [5.41, 5.74) is 8.03. The van der Waals surface area contributed by atoms with Crippen LogP contribution >= 0.6 is 31.9 Å². The topological polar surface area (TPSA) is 17.1 Å². The van der Waals surface area contributed by atoms with Crippen molar-refractivity contribution in [1.29, 1.82) is 0 Å². The molecule has 4 aromatic carbocycles. The van der Waals surface area contributed by atoms with Crippen molar-refractivity contribution in [1.82, 2.24) is 0 Å². The van der Waals surface area contributed by atoms with E-state index in [1.807, 2.05) is 24.3 Å². The van der Waals surface area contributed by atoms with E-state index in [9.17, 15) is 4.79 Å². The molecule has 1 nitrogen and oxygen atoms in total. The van der Waals surface area contributed by atoms with Gasteiger partial charge in [-0.05, 0) is 69.8 Å². The van der Waals surface area contributed by atoms with E-state index in [1.165, 1.54) is 22.3 Å². The zero-order valence-corrected chi connectivity index (χ0v) is 18.4. The average Bonchev–Trinajstić information content (AvgIpc) is 3.04. The largest absolute Gasteiger partial charge is 0.289 e. The van der Waals surface area contributed by atoms with Gasteiger partial charge >= 0.3 is 0 Å². The van der Waals surface area contributed by atoms with Gasteiger partial charge in [-0.1, -0.05) is 80.4 Å². The molecule has 0 aromatic heterocycles. The first-order valence-corrected chi connectivity index (χ1v) is 11.0. The van der Waals surface area contributed by atoms with E-state index >= 15 is 0 Å². The molecule has 0 bridgehead atoms. The van der Waals surface area contributed by atoms with Crippen LogP contribution in [0, 0.1) is 0 Å². The third-order valence-electron chi connectivity index (χ3n) is 6.21. The van der Waals surface area contributed by atoms with Gasteiger partial charge in [0, 0.05) is 20.1 Å². The molecule has 0 radical (unpaired) electrons. The molecule has 4 aromatic rings. The molecule has 0 saturated heterocycles. The number of rotatable bonds is 0. The van der Waals surface area contributed by atoms with Crippen molar-refractivity contribution in [2.24, 2.45) is 0 Å². The fourth-order valence-electron chi connectivity index (χ4n) is 5.16. The fraction of sp³-hybridized carbons (Fsp3) is 0.0385. The Labute approximate surface area is 185 Å². The summed E-state index contributed by atoms with van der Waals surface area (Å²) in [5.74, 6) is 0.0856. The van der Waals surface area contributed by atoms with Crippen molar-refractivity contribution in [3.8, 4) is 11.1 Å². The van der Waals surface area contributed by atoms with Gasteiger partial charge in [-0.25, -0.2) is 0 Å². The molecular formula is C26H14Br2O. The summed E-state index contributed by atoms with van der Waals surface area (Å²) < 4.78 is 1.95. The molecule has 0 amide bonds. The second-order valence-electron chi connectivity index (χ2n) is 7.55. The summed E-state index contributed by atoms with van der Waals surface area (Å²) in [6.45, 7) is 0. The van der Waals surface area contributed by atoms with Crippen molar-refractivity contribution < 1.29 is 4.79 Å². The molecule has 0 unspecified atom stereocenters. The zero-order valence-electron chi connectivity index (χ0n) is 15.2. The number of fused-ring (bicyclic) bond motifs is 9. The van der Waals surface area contributed by atoms with Crippen LogP contribution in [0.5, 0.6) is 0 Å². The molecule has 2 aliphatic carbocycles. The van der Waals surface area contributed by atoms with E-state index in [2.05, 4.69) is 92.5 Å². The molecule has 0 aliphatic heterocycles. The molecule has 2 aliphatic rings. The van der Waals surface area contributed by atoms with Gasteiger partial charge in [0.1, 0.15) is 0 Å². The first-order valence-electron chi connectivity index (χ1n) is 9.46. The van der Waals surface area contributed by atoms with Crippen molar-refractivity contribution in [3.63, 3.8) is 0 Å². The molecule has 0 fully saturated rings. The Kier molecular flexibility index (Phi) is 3.60. The first kappa shape index (κ1) is 17.4. The molecule has 0 atom stereocenters. The smallest absolute Gasteiger partial charge is 0.193 e. The van der Waals surface area contributed by atoms with Gasteiger partial charge in [0.15, 0.2) is 5.78 Å². The van der Waals surface area contributed by atoms with E-state index < -0.39 is 5.41 Å². The summed E-state index contributed by atoms with van der Waals surface area (Å²) in [5, 5.41) is 0. The molecule has 138 valence electrons. The Morgan fingerprint density at radius 3 is 1.45 bits per heavy atom. The lowest BCUT2D eigenvalue weighted by molar-refractivity contribution is 0.103. The van der Waals surface area contributed by atoms with Crippen LogP contribution in [0.2, 0.25) is 0 Å².